The summed E-state index contributed by atoms with van der Waals surface area (Å²) in [5.41, 5.74) is 1.77. The SMILES string of the molecule is COc1cccc(C(C)(C)C)c1NC(=O)CBr. The molecule has 0 unspecified atom stereocenters. The molecule has 0 radical (unpaired) electrons. The van der Waals surface area contributed by atoms with Gasteiger partial charge in [0, 0.05) is 0 Å². The van der Waals surface area contributed by atoms with Gasteiger partial charge in [0.15, 0.2) is 0 Å². The Balaban J connectivity index is 3.26. The molecule has 4 heteroatoms. The second-order valence-corrected chi connectivity index (χ2v) is 5.38. The summed E-state index contributed by atoms with van der Waals surface area (Å²) in [5.74, 6) is 0.603. The maximum absolute atomic E-state index is 11.5. The molecule has 0 spiro atoms. The molecule has 0 aliphatic carbocycles. The van der Waals surface area contributed by atoms with Gasteiger partial charge in [-0.2, -0.15) is 0 Å². The molecule has 0 heterocycles. The average molecular weight is 300 g/mol. The van der Waals surface area contributed by atoms with Crippen molar-refractivity contribution < 1.29 is 9.53 Å². The molecule has 94 valence electrons. The van der Waals surface area contributed by atoms with Crippen LogP contribution in [0.5, 0.6) is 5.75 Å². The molecular weight excluding hydrogens is 282 g/mol. The summed E-state index contributed by atoms with van der Waals surface area (Å²) in [4.78, 5) is 11.5. The molecule has 1 aromatic carbocycles. The first-order chi connectivity index (χ1) is 7.90. The topological polar surface area (TPSA) is 38.3 Å². The number of rotatable bonds is 3. The minimum Gasteiger partial charge on any atom is -0.495 e. The van der Waals surface area contributed by atoms with Gasteiger partial charge in [-0.1, -0.05) is 48.8 Å². The summed E-state index contributed by atoms with van der Waals surface area (Å²) in [7, 11) is 1.60. The molecule has 0 fully saturated rings. The van der Waals surface area contributed by atoms with E-state index in [1.165, 1.54) is 0 Å². The molecular formula is C13H18BrNO2. The number of ether oxygens (including phenoxy) is 1. The smallest absolute Gasteiger partial charge is 0.235 e. The van der Waals surface area contributed by atoms with Crippen LogP contribution in [0.4, 0.5) is 5.69 Å². The van der Waals surface area contributed by atoms with Gasteiger partial charge in [0.1, 0.15) is 5.75 Å². The van der Waals surface area contributed by atoms with Crippen LogP contribution < -0.4 is 10.1 Å². The highest BCUT2D eigenvalue weighted by atomic mass is 79.9. The summed E-state index contributed by atoms with van der Waals surface area (Å²) in [5, 5.41) is 3.15. The Kier molecular flexibility index (Phi) is 4.57. The van der Waals surface area contributed by atoms with Crippen molar-refractivity contribution in [2.45, 2.75) is 26.2 Å². The van der Waals surface area contributed by atoms with Crippen LogP contribution >= 0.6 is 15.9 Å². The molecule has 1 aromatic rings. The number of hydrogen-bond acceptors (Lipinski definition) is 2. The molecule has 1 N–H and O–H groups in total. The lowest BCUT2D eigenvalue weighted by molar-refractivity contribution is -0.113. The van der Waals surface area contributed by atoms with Gasteiger partial charge in [-0.05, 0) is 17.0 Å². The zero-order valence-electron chi connectivity index (χ0n) is 10.6. The Morgan fingerprint density at radius 1 is 1.41 bits per heavy atom. The van der Waals surface area contributed by atoms with Crippen LogP contribution in [0, 0.1) is 0 Å². The van der Waals surface area contributed by atoms with E-state index in [2.05, 4.69) is 42.0 Å². The highest BCUT2D eigenvalue weighted by Gasteiger charge is 2.21. The number of carbonyl (C=O) groups is 1. The first-order valence-corrected chi connectivity index (χ1v) is 6.55. The zero-order chi connectivity index (χ0) is 13.1. The fraction of sp³-hybridized carbons (Fsp3) is 0.462. The van der Waals surface area contributed by atoms with Gasteiger partial charge in [0.05, 0.1) is 18.1 Å². The minimum atomic E-state index is -0.0833. The lowest BCUT2D eigenvalue weighted by Crippen LogP contribution is -2.19. The number of nitrogens with one attached hydrogen (secondary N) is 1. The summed E-state index contributed by atoms with van der Waals surface area (Å²) in [6, 6.07) is 5.79. The number of carbonyl (C=O) groups excluding carboxylic acids is 1. The number of anilines is 1. The molecule has 3 nitrogen and oxygen atoms in total. The van der Waals surface area contributed by atoms with Crippen molar-refractivity contribution in [3.05, 3.63) is 23.8 Å². The average Bonchev–Trinajstić information content (AvgIpc) is 2.27. The van der Waals surface area contributed by atoms with E-state index in [1.54, 1.807) is 7.11 Å². The van der Waals surface area contributed by atoms with Gasteiger partial charge in [-0.25, -0.2) is 0 Å². The first-order valence-electron chi connectivity index (χ1n) is 5.43. The molecule has 0 atom stereocenters. The number of methoxy groups -OCH3 is 1. The van der Waals surface area contributed by atoms with Crippen molar-refractivity contribution in [1.82, 2.24) is 0 Å². The van der Waals surface area contributed by atoms with E-state index in [0.29, 0.717) is 5.75 Å². The van der Waals surface area contributed by atoms with E-state index < -0.39 is 0 Å². The highest BCUT2D eigenvalue weighted by Crippen LogP contribution is 2.36. The summed E-state index contributed by atoms with van der Waals surface area (Å²) >= 11 is 3.14. The lowest BCUT2D eigenvalue weighted by atomic mass is 9.85. The van der Waals surface area contributed by atoms with Gasteiger partial charge < -0.3 is 10.1 Å². The Bertz CT molecular complexity index is 410. The van der Waals surface area contributed by atoms with E-state index >= 15 is 0 Å². The minimum absolute atomic E-state index is 0.0521. The number of benzene rings is 1. The molecule has 0 saturated heterocycles. The predicted molar refractivity (Wildman–Crippen MR) is 74.1 cm³/mol. The second-order valence-electron chi connectivity index (χ2n) is 4.81. The van der Waals surface area contributed by atoms with Gasteiger partial charge in [0.25, 0.3) is 0 Å². The number of alkyl halides is 1. The zero-order valence-corrected chi connectivity index (χ0v) is 12.2. The summed E-state index contributed by atoms with van der Waals surface area (Å²) in [6.45, 7) is 6.31. The number of para-hydroxylation sites is 1. The van der Waals surface area contributed by atoms with Crippen LogP contribution in [0.3, 0.4) is 0 Å². The largest absolute Gasteiger partial charge is 0.495 e. The monoisotopic (exact) mass is 299 g/mol. The van der Waals surface area contributed by atoms with Crippen LogP contribution in [0.2, 0.25) is 0 Å². The van der Waals surface area contributed by atoms with Crippen LogP contribution in [-0.2, 0) is 10.2 Å². The Morgan fingerprint density at radius 2 is 2.06 bits per heavy atom. The predicted octanol–water partition coefficient (Wildman–Crippen LogP) is 3.33. The fourth-order valence-electron chi connectivity index (χ4n) is 1.63. The van der Waals surface area contributed by atoms with Crippen molar-refractivity contribution in [3.8, 4) is 5.75 Å². The normalized spacial score (nSPS) is 11.1. The molecule has 1 rings (SSSR count). The van der Waals surface area contributed by atoms with Gasteiger partial charge >= 0.3 is 0 Å². The molecule has 1 amide bonds. The third-order valence-corrected chi connectivity index (χ3v) is 2.95. The maximum atomic E-state index is 11.5. The van der Waals surface area contributed by atoms with Crippen LogP contribution in [0.15, 0.2) is 18.2 Å². The van der Waals surface area contributed by atoms with Crippen molar-refractivity contribution in [1.29, 1.82) is 0 Å². The van der Waals surface area contributed by atoms with E-state index in [0.717, 1.165) is 11.3 Å². The van der Waals surface area contributed by atoms with Crippen LogP contribution in [0.25, 0.3) is 0 Å². The summed E-state index contributed by atoms with van der Waals surface area (Å²) in [6.07, 6.45) is 0. The van der Waals surface area contributed by atoms with E-state index in [9.17, 15) is 4.79 Å². The Hall–Kier alpha value is -1.03. The molecule has 0 aliphatic rings. The van der Waals surface area contributed by atoms with E-state index in [4.69, 9.17) is 4.74 Å². The lowest BCUT2D eigenvalue weighted by Gasteiger charge is -2.24. The van der Waals surface area contributed by atoms with Crippen molar-refractivity contribution >= 4 is 27.5 Å². The van der Waals surface area contributed by atoms with Crippen molar-refractivity contribution in [2.75, 3.05) is 17.8 Å². The Morgan fingerprint density at radius 3 is 2.53 bits per heavy atom. The number of amides is 1. The second kappa shape index (κ2) is 5.54. The first kappa shape index (κ1) is 14.0. The molecule has 0 saturated carbocycles. The Labute approximate surface area is 111 Å². The number of hydrogen-bond donors (Lipinski definition) is 1. The van der Waals surface area contributed by atoms with Crippen LogP contribution in [0.1, 0.15) is 26.3 Å². The number of halogens is 1. The van der Waals surface area contributed by atoms with E-state index in [-0.39, 0.29) is 16.7 Å². The van der Waals surface area contributed by atoms with Crippen molar-refractivity contribution in [2.24, 2.45) is 0 Å². The standard InChI is InChI=1S/C13H18BrNO2/c1-13(2,3)9-6-5-7-10(17-4)12(9)15-11(16)8-14/h5-7H,8H2,1-4H3,(H,15,16). The highest BCUT2D eigenvalue weighted by molar-refractivity contribution is 9.09. The van der Waals surface area contributed by atoms with Gasteiger partial charge in [0.2, 0.25) is 5.91 Å². The molecule has 0 aromatic heterocycles. The molecule has 0 bridgehead atoms. The van der Waals surface area contributed by atoms with Gasteiger partial charge in [-0.3, -0.25) is 4.79 Å². The summed E-state index contributed by atoms with van der Waals surface area (Å²) < 4.78 is 5.30. The van der Waals surface area contributed by atoms with Crippen LogP contribution in [-0.4, -0.2) is 18.3 Å². The van der Waals surface area contributed by atoms with Crippen molar-refractivity contribution in [3.63, 3.8) is 0 Å². The maximum Gasteiger partial charge on any atom is 0.235 e. The third kappa shape index (κ3) is 3.46. The third-order valence-electron chi connectivity index (χ3n) is 2.44. The van der Waals surface area contributed by atoms with E-state index in [1.807, 2.05) is 18.2 Å². The van der Waals surface area contributed by atoms with Gasteiger partial charge in [-0.15, -0.1) is 0 Å². The molecule has 17 heavy (non-hydrogen) atoms. The quantitative estimate of drug-likeness (QED) is 0.870. The fourth-order valence-corrected chi connectivity index (χ4v) is 1.77. The molecule has 0 aliphatic heterocycles.